The van der Waals surface area contributed by atoms with Crippen LogP contribution in [0.5, 0.6) is 11.5 Å². The Morgan fingerprint density at radius 1 is 1.00 bits per heavy atom. The second-order valence-electron chi connectivity index (χ2n) is 7.36. The van der Waals surface area contributed by atoms with Gasteiger partial charge in [0.25, 0.3) is 0 Å². The molecule has 1 unspecified atom stereocenters. The number of sulfonamides is 1. The number of hydrogen-bond acceptors (Lipinski definition) is 6. The van der Waals surface area contributed by atoms with Crippen molar-refractivity contribution >= 4 is 31.6 Å². The summed E-state index contributed by atoms with van der Waals surface area (Å²) in [6, 6.07) is 22.7. The molecule has 0 radical (unpaired) electrons. The fourth-order valence-electron chi connectivity index (χ4n) is 3.82. The molecular formula is C23H20N2O4S2. The minimum Gasteiger partial charge on any atom is -0.490 e. The monoisotopic (exact) mass is 452 g/mol. The molecule has 0 saturated carbocycles. The van der Waals surface area contributed by atoms with Crippen LogP contribution in [-0.4, -0.2) is 26.1 Å². The van der Waals surface area contributed by atoms with Gasteiger partial charge in [-0.15, -0.1) is 11.3 Å². The maximum absolute atomic E-state index is 11.7. The topological polar surface area (TPSA) is 91.5 Å². The lowest BCUT2D eigenvalue weighted by atomic mass is 9.92. The average Bonchev–Trinajstić information content (AvgIpc) is 3.06. The summed E-state index contributed by atoms with van der Waals surface area (Å²) in [5.41, 5.74) is 2.07. The van der Waals surface area contributed by atoms with Gasteiger partial charge in [0.15, 0.2) is 11.5 Å². The van der Waals surface area contributed by atoms with E-state index in [1.54, 1.807) is 17.4 Å². The third-order valence-corrected chi connectivity index (χ3v) is 7.32. The van der Waals surface area contributed by atoms with Crippen LogP contribution < -0.4 is 14.6 Å². The highest BCUT2D eigenvalue weighted by Crippen LogP contribution is 2.40. The van der Waals surface area contributed by atoms with E-state index in [-0.39, 0.29) is 16.9 Å². The predicted molar refractivity (Wildman–Crippen MR) is 120 cm³/mol. The quantitative estimate of drug-likeness (QED) is 0.498. The minimum absolute atomic E-state index is 0.000850. The number of fused-ring (bicyclic) bond motifs is 2. The summed E-state index contributed by atoms with van der Waals surface area (Å²) in [5, 5.41) is 6.24. The Morgan fingerprint density at radius 3 is 2.55 bits per heavy atom. The number of aromatic nitrogens is 1. The van der Waals surface area contributed by atoms with Gasteiger partial charge in [-0.3, -0.25) is 0 Å². The third-order valence-electron chi connectivity index (χ3n) is 5.29. The van der Waals surface area contributed by atoms with Crippen molar-refractivity contribution in [2.75, 3.05) is 6.61 Å². The van der Waals surface area contributed by atoms with Crippen LogP contribution in [0.4, 0.5) is 0 Å². The van der Waals surface area contributed by atoms with Crippen LogP contribution in [0.25, 0.3) is 10.2 Å². The zero-order valence-corrected chi connectivity index (χ0v) is 18.1. The van der Waals surface area contributed by atoms with Crippen molar-refractivity contribution in [2.45, 2.75) is 23.3 Å². The van der Waals surface area contributed by atoms with E-state index < -0.39 is 10.0 Å². The summed E-state index contributed by atoms with van der Waals surface area (Å²) in [6.07, 6.45) is 0.388. The zero-order chi connectivity index (χ0) is 21.4. The van der Waals surface area contributed by atoms with E-state index in [0.717, 1.165) is 20.8 Å². The molecule has 0 saturated heterocycles. The first kappa shape index (κ1) is 20.0. The number of nitrogens with zero attached hydrogens (tertiary/aromatic N) is 1. The molecule has 1 aliphatic heterocycles. The molecule has 0 amide bonds. The summed E-state index contributed by atoms with van der Waals surface area (Å²) >= 11 is 1.66. The van der Waals surface area contributed by atoms with E-state index in [1.165, 1.54) is 12.1 Å². The summed E-state index contributed by atoms with van der Waals surface area (Å²) in [7, 11) is -3.82. The fraction of sp³-hybridized carbons (Fsp3) is 0.174. The molecule has 2 N–H and O–H groups in total. The molecule has 4 aromatic rings. The van der Waals surface area contributed by atoms with Gasteiger partial charge >= 0.3 is 0 Å². The summed E-state index contributed by atoms with van der Waals surface area (Å²) in [6.45, 7) is 0.389. The van der Waals surface area contributed by atoms with Crippen LogP contribution in [0.2, 0.25) is 0 Å². The summed E-state index contributed by atoms with van der Waals surface area (Å²) in [5.74, 6) is 0.785. The molecule has 0 bridgehead atoms. The molecule has 1 aromatic heterocycles. The number of hydrogen-bond donors (Lipinski definition) is 1. The van der Waals surface area contributed by atoms with Crippen LogP contribution in [0.3, 0.4) is 0 Å². The number of primary sulfonamides is 1. The van der Waals surface area contributed by atoms with Crippen LogP contribution in [-0.2, 0) is 10.0 Å². The number of rotatable bonds is 4. The predicted octanol–water partition coefficient (Wildman–Crippen LogP) is 4.31. The SMILES string of the molecule is NS(=O)(=O)c1ccc2c(c1)OCCC([C@@H](c1ccccc1)c1nc3ccccc3s1)O2. The Morgan fingerprint density at radius 2 is 1.77 bits per heavy atom. The second kappa shape index (κ2) is 7.96. The molecule has 0 fully saturated rings. The lowest BCUT2D eigenvalue weighted by molar-refractivity contribution is 0.173. The molecule has 31 heavy (non-hydrogen) atoms. The van der Waals surface area contributed by atoms with Gasteiger partial charge in [0.2, 0.25) is 10.0 Å². The molecule has 5 rings (SSSR count). The third kappa shape index (κ3) is 4.01. The van der Waals surface area contributed by atoms with Crippen molar-refractivity contribution in [1.82, 2.24) is 4.98 Å². The largest absolute Gasteiger partial charge is 0.490 e. The molecule has 6 nitrogen and oxygen atoms in total. The Kier molecular flexibility index (Phi) is 5.13. The summed E-state index contributed by atoms with van der Waals surface area (Å²) in [4.78, 5) is 4.90. The Bertz CT molecular complexity index is 1300. The van der Waals surface area contributed by atoms with Gasteiger partial charge in [0.1, 0.15) is 11.1 Å². The number of benzene rings is 3. The fourth-order valence-corrected chi connectivity index (χ4v) is 5.49. The molecule has 8 heteroatoms. The van der Waals surface area contributed by atoms with E-state index >= 15 is 0 Å². The van der Waals surface area contributed by atoms with Gasteiger partial charge in [-0.2, -0.15) is 0 Å². The van der Waals surface area contributed by atoms with Gasteiger partial charge in [0.05, 0.1) is 27.6 Å². The van der Waals surface area contributed by atoms with E-state index in [2.05, 4.69) is 18.2 Å². The zero-order valence-electron chi connectivity index (χ0n) is 16.5. The molecule has 3 aromatic carbocycles. The van der Waals surface area contributed by atoms with Crippen LogP contribution in [0, 0.1) is 0 Å². The standard InChI is InChI=1S/C23H20N2O4S2/c24-31(26,27)16-10-11-18-20(14-16)28-13-12-19(29-18)22(15-6-2-1-3-7-15)23-25-17-8-4-5-9-21(17)30-23/h1-11,14,19,22H,12-13H2,(H2,24,26,27)/t19?,22-/m1/s1. The Balaban J connectivity index is 1.57. The Labute approximate surface area is 184 Å². The summed E-state index contributed by atoms with van der Waals surface area (Å²) < 4.78 is 36.8. The molecule has 1 aliphatic rings. The van der Waals surface area contributed by atoms with Gasteiger partial charge in [-0.05, 0) is 29.8 Å². The smallest absolute Gasteiger partial charge is 0.238 e. The van der Waals surface area contributed by atoms with Crippen LogP contribution in [0.15, 0.2) is 77.7 Å². The normalized spacial score (nSPS) is 17.3. The lowest BCUT2D eigenvalue weighted by Gasteiger charge is -2.25. The van der Waals surface area contributed by atoms with Crippen molar-refractivity contribution in [2.24, 2.45) is 5.14 Å². The number of thiazole rings is 1. The van der Waals surface area contributed by atoms with Crippen molar-refractivity contribution in [3.63, 3.8) is 0 Å². The second-order valence-corrected chi connectivity index (χ2v) is 9.98. The lowest BCUT2D eigenvalue weighted by Crippen LogP contribution is -2.27. The molecule has 0 spiro atoms. The van der Waals surface area contributed by atoms with Crippen LogP contribution >= 0.6 is 11.3 Å². The van der Waals surface area contributed by atoms with E-state index in [1.807, 2.05) is 36.4 Å². The van der Waals surface area contributed by atoms with Crippen molar-refractivity contribution in [3.8, 4) is 11.5 Å². The molecule has 158 valence electrons. The highest BCUT2D eigenvalue weighted by molar-refractivity contribution is 7.89. The van der Waals surface area contributed by atoms with Gasteiger partial charge in [-0.1, -0.05) is 42.5 Å². The van der Waals surface area contributed by atoms with E-state index in [0.29, 0.717) is 24.5 Å². The van der Waals surface area contributed by atoms with Gasteiger partial charge in [-0.25, -0.2) is 18.5 Å². The number of ether oxygens (including phenoxy) is 2. The molecular weight excluding hydrogens is 432 g/mol. The van der Waals surface area contributed by atoms with Crippen LogP contribution in [0.1, 0.15) is 22.9 Å². The molecule has 0 aliphatic carbocycles. The van der Waals surface area contributed by atoms with Crippen molar-refractivity contribution < 1.29 is 17.9 Å². The maximum atomic E-state index is 11.7. The highest BCUT2D eigenvalue weighted by atomic mass is 32.2. The molecule has 2 heterocycles. The highest BCUT2D eigenvalue weighted by Gasteiger charge is 2.32. The first-order valence-corrected chi connectivity index (χ1v) is 12.2. The first-order chi connectivity index (χ1) is 15.0. The minimum atomic E-state index is -3.82. The van der Waals surface area contributed by atoms with E-state index in [9.17, 15) is 8.42 Å². The average molecular weight is 453 g/mol. The molecule has 2 atom stereocenters. The first-order valence-electron chi connectivity index (χ1n) is 9.86. The number of para-hydroxylation sites is 1. The maximum Gasteiger partial charge on any atom is 0.238 e. The van der Waals surface area contributed by atoms with Crippen molar-refractivity contribution in [3.05, 3.63) is 83.4 Å². The van der Waals surface area contributed by atoms with Gasteiger partial charge < -0.3 is 9.47 Å². The van der Waals surface area contributed by atoms with Gasteiger partial charge in [0, 0.05) is 12.5 Å². The van der Waals surface area contributed by atoms with Crippen molar-refractivity contribution in [1.29, 1.82) is 0 Å². The number of nitrogens with two attached hydrogens (primary N) is 1. The van der Waals surface area contributed by atoms with E-state index in [4.69, 9.17) is 19.6 Å². The Hall–Kier alpha value is -2.94.